The predicted octanol–water partition coefficient (Wildman–Crippen LogP) is 3.77. The molecule has 0 unspecified atom stereocenters. The topological polar surface area (TPSA) is 122 Å². The van der Waals surface area contributed by atoms with E-state index in [0.29, 0.717) is 46.2 Å². The Hall–Kier alpha value is -3.29. The van der Waals surface area contributed by atoms with E-state index in [2.05, 4.69) is 42.6 Å². The van der Waals surface area contributed by atoms with E-state index >= 15 is 0 Å². The minimum Gasteiger partial charge on any atom is -0.383 e. The number of aldehydes is 1. The molecule has 3 aromatic heterocycles. The molecule has 0 aliphatic rings. The molecule has 3 aromatic rings. The molecule has 0 spiro atoms. The Morgan fingerprint density at radius 3 is 2.84 bits per heavy atom. The lowest BCUT2D eigenvalue weighted by Gasteiger charge is -2.10. The number of nitriles is 1. The third kappa shape index (κ3) is 4.73. The van der Waals surface area contributed by atoms with Gasteiger partial charge in [-0.25, -0.2) is 9.97 Å². The summed E-state index contributed by atoms with van der Waals surface area (Å²) >= 11 is 3.35. The number of aromatic nitrogens is 3. The van der Waals surface area contributed by atoms with Gasteiger partial charge in [-0.15, -0.1) is 0 Å². The monoisotopic (exact) mass is 484 g/mol. The Morgan fingerprint density at radius 1 is 1.42 bits per heavy atom. The number of fused-ring (bicyclic) bond motifs is 1. The van der Waals surface area contributed by atoms with Gasteiger partial charge in [-0.2, -0.15) is 5.26 Å². The summed E-state index contributed by atoms with van der Waals surface area (Å²) in [5.74, 6) is -0.141. The summed E-state index contributed by atoms with van der Waals surface area (Å²) in [7, 11) is 1.58. The smallest absolute Gasteiger partial charge is 0.260 e. The largest absolute Gasteiger partial charge is 0.383 e. The van der Waals surface area contributed by atoms with Crippen molar-refractivity contribution in [2.75, 3.05) is 30.9 Å². The van der Waals surface area contributed by atoms with Crippen LogP contribution in [0.1, 0.15) is 46.3 Å². The normalized spacial score (nSPS) is 10.8. The number of hydrogen-bond donors (Lipinski definition) is 2. The number of nitrogens with one attached hydrogen (secondary N) is 2. The Morgan fingerprint density at radius 2 is 2.19 bits per heavy atom. The number of nitrogens with zero attached hydrogens (tertiary/aromatic N) is 4. The van der Waals surface area contributed by atoms with E-state index in [1.165, 1.54) is 6.20 Å². The van der Waals surface area contributed by atoms with Gasteiger partial charge in [0.1, 0.15) is 23.1 Å². The molecule has 0 atom stereocenters. The predicted molar refractivity (Wildman–Crippen MR) is 120 cm³/mol. The summed E-state index contributed by atoms with van der Waals surface area (Å²) in [6, 6.07) is 5.51. The van der Waals surface area contributed by atoms with Gasteiger partial charge in [0.15, 0.2) is 6.29 Å². The van der Waals surface area contributed by atoms with Gasteiger partial charge in [-0.1, -0.05) is 0 Å². The first kappa shape index (κ1) is 22.4. The van der Waals surface area contributed by atoms with Gasteiger partial charge in [-0.05, 0) is 35.8 Å². The van der Waals surface area contributed by atoms with Crippen LogP contribution in [0.4, 0.5) is 11.5 Å². The summed E-state index contributed by atoms with van der Waals surface area (Å²) in [5.41, 5.74) is 2.58. The van der Waals surface area contributed by atoms with Crippen molar-refractivity contribution in [2.45, 2.75) is 19.9 Å². The maximum absolute atomic E-state index is 13.1. The van der Waals surface area contributed by atoms with Crippen LogP contribution in [0.15, 0.2) is 29.0 Å². The zero-order chi connectivity index (χ0) is 22.5. The number of carbonyl (C=O) groups excluding carboxylic acids is 2. The van der Waals surface area contributed by atoms with E-state index < -0.39 is 5.91 Å². The van der Waals surface area contributed by atoms with E-state index in [0.717, 1.165) is 5.52 Å². The summed E-state index contributed by atoms with van der Waals surface area (Å²) in [5, 5.41) is 15.1. The van der Waals surface area contributed by atoms with E-state index in [9.17, 15) is 14.9 Å². The summed E-state index contributed by atoms with van der Waals surface area (Å²) in [4.78, 5) is 32.9. The van der Waals surface area contributed by atoms with Crippen LogP contribution in [0, 0.1) is 11.3 Å². The fraction of sp³-hybridized carbons (Fsp3) is 0.286. The zero-order valence-corrected chi connectivity index (χ0v) is 18.9. The average molecular weight is 485 g/mol. The Balaban J connectivity index is 1.97. The summed E-state index contributed by atoms with van der Waals surface area (Å²) < 4.78 is 7.49. The molecule has 0 saturated carbocycles. The van der Waals surface area contributed by atoms with Crippen LogP contribution in [-0.4, -0.2) is 47.0 Å². The Labute approximate surface area is 187 Å². The number of halogens is 1. The molecule has 0 aliphatic carbocycles. The number of ether oxygens (including phenoxy) is 1. The highest BCUT2D eigenvalue weighted by atomic mass is 79.9. The Bertz CT molecular complexity index is 1180. The number of rotatable bonds is 8. The quantitative estimate of drug-likeness (QED) is 0.368. The minimum absolute atomic E-state index is 0.0736. The number of hydrogen-bond acceptors (Lipinski definition) is 7. The van der Waals surface area contributed by atoms with Crippen LogP contribution < -0.4 is 10.6 Å². The van der Waals surface area contributed by atoms with Crippen molar-refractivity contribution in [3.63, 3.8) is 0 Å². The van der Waals surface area contributed by atoms with Crippen molar-refractivity contribution in [3.8, 4) is 6.07 Å². The Kier molecular flexibility index (Phi) is 6.99. The van der Waals surface area contributed by atoms with Crippen molar-refractivity contribution < 1.29 is 14.3 Å². The molecule has 0 bridgehead atoms. The average Bonchev–Trinajstić information content (AvgIpc) is 3.12. The lowest BCUT2D eigenvalue weighted by atomic mass is 10.2. The molecular formula is C21H21BrN6O3. The standard InChI is InChI=1S/C21H21BrN6O3/c1-12(2)28-10-14(20-18(28)6-15(22)17(11-29)26-20)21(30)27-19-7-16(24-4-5-31-3)13(8-23)9-25-19/h6-7,9-12H,4-5H2,1-3H3,(H2,24,25,27,30). The molecule has 0 saturated heterocycles. The fourth-order valence-corrected chi connectivity index (χ4v) is 3.46. The number of amides is 1. The molecule has 0 aliphatic heterocycles. The molecule has 3 heterocycles. The van der Waals surface area contributed by atoms with Crippen LogP contribution >= 0.6 is 15.9 Å². The first-order chi connectivity index (χ1) is 14.9. The third-order valence-corrected chi connectivity index (χ3v) is 5.22. The van der Waals surface area contributed by atoms with Crippen molar-refractivity contribution in [1.82, 2.24) is 14.5 Å². The third-order valence-electron chi connectivity index (χ3n) is 4.58. The molecule has 10 heteroatoms. The van der Waals surface area contributed by atoms with Gasteiger partial charge in [0.2, 0.25) is 0 Å². The van der Waals surface area contributed by atoms with Crippen molar-refractivity contribution in [2.24, 2.45) is 0 Å². The van der Waals surface area contributed by atoms with Crippen molar-refractivity contribution >= 4 is 50.7 Å². The highest BCUT2D eigenvalue weighted by molar-refractivity contribution is 9.10. The molecule has 0 fully saturated rings. The lowest BCUT2D eigenvalue weighted by molar-refractivity contribution is 0.102. The van der Waals surface area contributed by atoms with Crippen LogP contribution in [0.2, 0.25) is 0 Å². The van der Waals surface area contributed by atoms with Gasteiger partial charge < -0.3 is 19.9 Å². The molecule has 160 valence electrons. The summed E-state index contributed by atoms with van der Waals surface area (Å²) in [6.45, 7) is 4.94. The maximum Gasteiger partial charge on any atom is 0.260 e. The molecule has 0 radical (unpaired) electrons. The second kappa shape index (κ2) is 9.68. The number of anilines is 2. The van der Waals surface area contributed by atoms with Crippen LogP contribution in [0.5, 0.6) is 0 Å². The number of pyridine rings is 2. The highest BCUT2D eigenvalue weighted by Gasteiger charge is 2.20. The van der Waals surface area contributed by atoms with Crippen LogP contribution in [0.25, 0.3) is 11.0 Å². The lowest BCUT2D eigenvalue weighted by Crippen LogP contribution is -2.14. The number of methoxy groups -OCH3 is 1. The molecular weight excluding hydrogens is 464 g/mol. The van der Waals surface area contributed by atoms with E-state index in [4.69, 9.17) is 4.74 Å². The second-order valence-corrected chi connectivity index (χ2v) is 7.84. The SMILES string of the molecule is COCCNc1cc(NC(=O)c2cn(C(C)C)c3cc(Br)c(C=O)nc23)ncc1C#N. The van der Waals surface area contributed by atoms with E-state index in [1.54, 1.807) is 25.4 Å². The number of carbonyl (C=O) groups is 2. The zero-order valence-electron chi connectivity index (χ0n) is 17.3. The summed E-state index contributed by atoms with van der Waals surface area (Å²) in [6.07, 6.45) is 3.74. The van der Waals surface area contributed by atoms with E-state index in [1.807, 2.05) is 18.4 Å². The van der Waals surface area contributed by atoms with E-state index in [-0.39, 0.29) is 17.6 Å². The van der Waals surface area contributed by atoms with Crippen LogP contribution in [-0.2, 0) is 4.74 Å². The van der Waals surface area contributed by atoms with Gasteiger partial charge in [0.25, 0.3) is 5.91 Å². The molecule has 1 amide bonds. The van der Waals surface area contributed by atoms with Gasteiger partial charge in [0, 0.05) is 42.6 Å². The molecule has 3 rings (SSSR count). The van der Waals surface area contributed by atoms with Crippen molar-refractivity contribution in [3.05, 3.63) is 45.8 Å². The molecule has 31 heavy (non-hydrogen) atoms. The second-order valence-electron chi connectivity index (χ2n) is 6.99. The van der Waals surface area contributed by atoms with Crippen molar-refractivity contribution in [1.29, 1.82) is 5.26 Å². The molecule has 9 nitrogen and oxygen atoms in total. The van der Waals surface area contributed by atoms with Gasteiger partial charge in [-0.3, -0.25) is 9.59 Å². The van der Waals surface area contributed by atoms with Crippen LogP contribution in [0.3, 0.4) is 0 Å². The highest BCUT2D eigenvalue weighted by Crippen LogP contribution is 2.28. The first-order valence-electron chi connectivity index (χ1n) is 9.50. The van der Waals surface area contributed by atoms with Gasteiger partial charge in [0.05, 0.1) is 28.9 Å². The molecule has 2 N–H and O–H groups in total. The first-order valence-corrected chi connectivity index (χ1v) is 10.3. The van der Waals surface area contributed by atoms with Gasteiger partial charge >= 0.3 is 0 Å². The maximum atomic E-state index is 13.1. The fourth-order valence-electron chi connectivity index (χ4n) is 3.06. The molecule has 0 aromatic carbocycles. The minimum atomic E-state index is -0.420.